The number of benzene rings is 3. The van der Waals surface area contributed by atoms with E-state index in [-0.39, 0.29) is 17.2 Å². The standard InChI is InChI=1S/C23H13BrCl2N2O3/c24-17-4-2-1-3-14(17)23(29)30-13-6-7-15-20(10-13)31-22(28)16(11-27)21(15)12-5-8-18(25)19(26)9-12/h1-10,21H,28H2. The van der Waals surface area contributed by atoms with Crippen molar-refractivity contribution in [1.29, 1.82) is 5.26 Å². The highest BCUT2D eigenvalue weighted by molar-refractivity contribution is 9.10. The highest BCUT2D eigenvalue weighted by atomic mass is 79.9. The monoisotopic (exact) mass is 514 g/mol. The average Bonchev–Trinajstić information content (AvgIpc) is 2.75. The van der Waals surface area contributed by atoms with Crippen molar-refractivity contribution in [3.05, 3.63) is 103 Å². The van der Waals surface area contributed by atoms with Crippen LogP contribution in [-0.2, 0) is 0 Å². The first-order valence-electron chi connectivity index (χ1n) is 9.02. The van der Waals surface area contributed by atoms with E-state index in [2.05, 4.69) is 22.0 Å². The number of carbonyl (C=O) groups excluding carboxylic acids is 1. The van der Waals surface area contributed by atoms with Crippen LogP contribution in [-0.4, -0.2) is 5.97 Å². The first-order valence-corrected chi connectivity index (χ1v) is 10.6. The number of fused-ring (bicyclic) bond motifs is 1. The number of hydrogen-bond donors (Lipinski definition) is 1. The van der Waals surface area contributed by atoms with Gasteiger partial charge in [0.15, 0.2) is 0 Å². The van der Waals surface area contributed by atoms with Gasteiger partial charge in [-0.2, -0.15) is 5.26 Å². The van der Waals surface area contributed by atoms with Crippen molar-refractivity contribution in [2.24, 2.45) is 5.73 Å². The number of halogens is 3. The van der Waals surface area contributed by atoms with Crippen LogP contribution in [0.2, 0.25) is 10.0 Å². The zero-order valence-electron chi connectivity index (χ0n) is 15.7. The van der Waals surface area contributed by atoms with Crippen molar-refractivity contribution in [3.63, 3.8) is 0 Å². The number of nitrogens with two attached hydrogens (primary N) is 1. The minimum absolute atomic E-state index is 0.0275. The normalized spacial score (nSPS) is 15.0. The molecule has 0 aliphatic carbocycles. The Kier molecular flexibility index (Phi) is 5.92. The lowest BCUT2D eigenvalue weighted by Crippen LogP contribution is -2.21. The van der Waals surface area contributed by atoms with E-state index >= 15 is 0 Å². The maximum Gasteiger partial charge on any atom is 0.344 e. The minimum Gasteiger partial charge on any atom is -0.440 e. The smallest absolute Gasteiger partial charge is 0.344 e. The van der Waals surface area contributed by atoms with E-state index < -0.39 is 11.9 Å². The lowest BCUT2D eigenvalue weighted by molar-refractivity contribution is 0.0733. The second-order valence-electron chi connectivity index (χ2n) is 6.67. The van der Waals surface area contributed by atoms with Gasteiger partial charge >= 0.3 is 5.97 Å². The van der Waals surface area contributed by atoms with Crippen molar-refractivity contribution < 1.29 is 14.3 Å². The summed E-state index contributed by atoms with van der Waals surface area (Å²) in [4.78, 5) is 12.5. The van der Waals surface area contributed by atoms with Crippen LogP contribution in [0.15, 0.2) is 76.6 Å². The van der Waals surface area contributed by atoms with Gasteiger partial charge in [0, 0.05) is 16.1 Å². The molecule has 1 heterocycles. The Balaban J connectivity index is 1.72. The Morgan fingerprint density at radius 3 is 2.58 bits per heavy atom. The molecule has 3 aromatic rings. The molecule has 2 N–H and O–H groups in total. The number of nitriles is 1. The maximum atomic E-state index is 12.5. The summed E-state index contributed by atoms with van der Waals surface area (Å²) in [6, 6.07) is 19.1. The van der Waals surface area contributed by atoms with E-state index in [9.17, 15) is 10.1 Å². The molecule has 0 saturated heterocycles. The van der Waals surface area contributed by atoms with E-state index in [4.69, 9.17) is 38.4 Å². The van der Waals surface area contributed by atoms with Crippen LogP contribution >= 0.6 is 39.1 Å². The van der Waals surface area contributed by atoms with Crippen LogP contribution in [0.25, 0.3) is 0 Å². The number of nitrogens with zero attached hydrogens (tertiary/aromatic N) is 1. The Labute approximate surface area is 196 Å². The van der Waals surface area contributed by atoms with Crippen molar-refractivity contribution in [3.8, 4) is 17.6 Å². The van der Waals surface area contributed by atoms with Gasteiger partial charge in [-0.15, -0.1) is 0 Å². The second-order valence-corrected chi connectivity index (χ2v) is 8.34. The van der Waals surface area contributed by atoms with Gasteiger partial charge in [0.2, 0.25) is 5.88 Å². The second kappa shape index (κ2) is 8.64. The van der Waals surface area contributed by atoms with E-state index in [1.807, 2.05) is 0 Å². The van der Waals surface area contributed by atoms with Crippen LogP contribution in [0.5, 0.6) is 11.5 Å². The van der Waals surface area contributed by atoms with E-state index in [1.54, 1.807) is 60.7 Å². The number of carbonyl (C=O) groups is 1. The molecule has 0 saturated carbocycles. The Morgan fingerprint density at radius 2 is 1.87 bits per heavy atom. The lowest BCUT2D eigenvalue weighted by atomic mass is 9.83. The first kappa shape index (κ1) is 21.3. The summed E-state index contributed by atoms with van der Waals surface area (Å²) >= 11 is 15.6. The third kappa shape index (κ3) is 4.13. The van der Waals surface area contributed by atoms with Gasteiger partial charge < -0.3 is 15.2 Å². The van der Waals surface area contributed by atoms with Crippen LogP contribution < -0.4 is 15.2 Å². The number of ether oxygens (including phenoxy) is 2. The summed E-state index contributed by atoms with van der Waals surface area (Å²) in [6.07, 6.45) is 0. The van der Waals surface area contributed by atoms with Crippen molar-refractivity contribution in [2.45, 2.75) is 5.92 Å². The zero-order chi connectivity index (χ0) is 22.1. The highest BCUT2D eigenvalue weighted by Crippen LogP contribution is 2.44. The lowest BCUT2D eigenvalue weighted by Gasteiger charge is -2.27. The van der Waals surface area contributed by atoms with E-state index in [0.717, 1.165) is 5.56 Å². The van der Waals surface area contributed by atoms with E-state index in [0.29, 0.717) is 31.4 Å². The van der Waals surface area contributed by atoms with Crippen LogP contribution in [0.3, 0.4) is 0 Å². The van der Waals surface area contributed by atoms with Crippen LogP contribution in [0, 0.1) is 11.3 Å². The van der Waals surface area contributed by atoms with E-state index in [1.165, 1.54) is 0 Å². The van der Waals surface area contributed by atoms with Gasteiger partial charge in [-0.1, -0.05) is 47.5 Å². The maximum absolute atomic E-state index is 12.5. The molecule has 5 nitrogen and oxygen atoms in total. The minimum atomic E-state index is -0.523. The highest BCUT2D eigenvalue weighted by Gasteiger charge is 2.31. The summed E-state index contributed by atoms with van der Waals surface area (Å²) in [7, 11) is 0. The fraction of sp³-hybridized carbons (Fsp3) is 0.0435. The number of esters is 1. The molecule has 0 aromatic heterocycles. The molecule has 0 fully saturated rings. The summed E-state index contributed by atoms with van der Waals surface area (Å²) in [5, 5.41) is 10.4. The Morgan fingerprint density at radius 1 is 1.10 bits per heavy atom. The van der Waals surface area contributed by atoms with Gasteiger partial charge in [0.05, 0.1) is 21.5 Å². The largest absolute Gasteiger partial charge is 0.440 e. The molecular formula is C23H13BrCl2N2O3. The van der Waals surface area contributed by atoms with Gasteiger partial charge in [0.25, 0.3) is 0 Å². The molecule has 0 bridgehead atoms. The predicted octanol–water partition coefficient (Wildman–Crippen LogP) is 6.19. The summed E-state index contributed by atoms with van der Waals surface area (Å²) in [6.45, 7) is 0. The van der Waals surface area contributed by atoms with Crippen molar-refractivity contribution in [2.75, 3.05) is 0 Å². The molecule has 1 aliphatic heterocycles. The SMILES string of the molecule is N#CC1=C(N)Oc2cc(OC(=O)c3ccccc3Br)ccc2C1c1ccc(Cl)c(Cl)c1. The molecule has 0 radical (unpaired) electrons. The molecule has 0 spiro atoms. The molecule has 3 aromatic carbocycles. The fourth-order valence-electron chi connectivity index (χ4n) is 3.32. The molecule has 154 valence electrons. The molecule has 4 rings (SSSR count). The van der Waals surface area contributed by atoms with Gasteiger partial charge in [0.1, 0.15) is 23.1 Å². The van der Waals surface area contributed by atoms with Crippen molar-refractivity contribution >= 4 is 45.1 Å². The molecule has 31 heavy (non-hydrogen) atoms. The summed E-state index contributed by atoms with van der Waals surface area (Å²) < 4.78 is 11.8. The molecule has 1 unspecified atom stereocenters. The Hall–Kier alpha value is -2.98. The first-order chi connectivity index (χ1) is 14.9. The van der Waals surface area contributed by atoms with Crippen molar-refractivity contribution in [1.82, 2.24) is 0 Å². The van der Waals surface area contributed by atoms with Crippen LogP contribution in [0.4, 0.5) is 0 Å². The molecule has 1 aliphatic rings. The molecule has 0 amide bonds. The molecule has 8 heteroatoms. The van der Waals surface area contributed by atoms with Gasteiger partial charge in [-0.05, 0) is 51.8 Å². The van der Waals surface area contributed by atoms with Gasteiger partial charge in [-0.3, -0.25) is 0 Å². The topological polar surface area (TPSA) is 85.3 Å². The number of rotatable bonds is 3. The number of hydrogen-bond acceptors (Lipinski definition) is 5. The van der Waals surface area contributed by atoms with Gasteiger partial charge in [-0.25, -0.2) is 4.79 Å². The molecule has 1 atom stereocenters. The Bertz CT molecular complexity index is 1280. The number of allylic oxidation sites excluding steroid dienone is 1. The predicted molar refractivity (Wildman–Crippen MR) is 121 cm³/mol. The third-order valence-electron chi connectivity index (χ3n) is 4.77. The summed E-state index contributed by atoms with van der Waals surface area (Å²) in [5.41, 5.74) is 8.09. The van der Waals surface area contributed by atoms with Crippen LogP contribution in [0.1, 0.15) is 27.4 Å². The average molecular weight is 516 g/mol. The fourth-order valence-corrected chi connectivity index (χ4v) is 4.08. The molecular weight excluding hydrogens is 503 g/mol. The zero-order valence-corrected chi connectivity index (χ0v) is 18.8. The third-order valence-corrected chi connectivity index (χ3v) is 6.20. The summed E-state index contributed by atoms with van der Waals surface area (Å²) in [5.74, 6) is -0.395. The quantitative estimate of drug-likeness (QED) is 0.332.